The lowest BCUT2D eigenvalue weighted by atomic mass is 10.3. The van der Waals surface area contributed by atoms with Gasteiger partial charge in [-0.3, -0.25) is 0 Å². The first-order valence-electron chi connectivity index (χ1n) is 6.25. The van der Waals surface area contributed by atoms with Crippen molar-refractivity contribution in [1.29, 1.82) is 5.26 Å². The second-order valence-corrected chi connectivity index (χ2v) is 5.73. The second-order valence-electron chi connectivity index (χ2n) is 4.11. The Morgan fingerprint density at radius 2 is 1.54 bits per heavy atom. The second kappa shape index (κ2) is 10.4. The molecule has 0 saturated carbocycles. The van der Waals surface area contributed by atoms with Crippen LogP contribution in [0.2, 0.25) is 0 Å². The number of hydrogen-bond donors (Lipinski definition) is 3. The van der Waals surface area contributed by atoms with Crippen LogP contribution in [0.4, 0.5) is 0 Å². The largest absolute Gasteiger partial charge is 0.503 e. The maximum absolute atomic E-state index is 10.5. The maximum Gasteiger partial charge on any atom is 0.358 e. The molecule has 0 bridgehead atoms. The van der Waals surface area contributed by atoms with Crippen LogP contribution in [0.5, 0.6) is 23.0 Å². The molecule has 0 aliphatic heterocycles. The van der Waals surface area contributed by atoms with E-state index in [0.717, 1.165) is 0 Å². The molecule has 0 fully saturated rings. The molecule has 3 N–H and O–H groups in total. The monoisotopic (exact) mass is 491 g/mol. The Hall–Kier alpha value is -2.58. The first-order valence-corrected chi connectivity index (χ1v) is 7.84. The normalized spacial score (nSPS) is 9.04. The van der Waals surface area contributed by atoms with E-state index in [4.69, 9.17) is 19.8 Å². The van der Waals surface area contributed by atoms with E-state index >= 15 is 0 Å². The summed E-state index contributed by atoms with van der Waals surface area (Å²) >= 11 is 6.07. The van der Waals surface area contributed by atoms with E-state index in [0.29, 0.717) is 9.21 Å². The van der Waals surface area contributed by atoms with Crippen LogP contribution < -0.4 is 9.47 Å². The highest BCUT2D eigenvalue weighted by atomic mass is 79.9. The van der Waals surface area contributed by atoms with Crippen molar-refractivity contribution in [2.45, 2.75) is 7.43 Å². The van der Waals surface area contributed by atoms with Crippen molar-refractivity contribution in [1.82, 2.24) is 9.97 Å². The Bertz CT molecular complexity index is 839. The van der Waals surface area contributed by atoms with Crippen molar-refractivity contribution < 1.29 is 29.6 Å². The molecular formula is C15H15Br2N3O6. The van der Waals surface area contributed by atoms with E-state index in [2.05, 4.69) is 41.8 Å². The van der Waals surface area contributed by atoms with Crippen molar-refractivity contribution in [3.05, 3.63) is 32.7 Å². The molecule has 2 aromatic heterocycles. The highest BCUT2D eigenvalue weighted by Crippen LogP contribution is 2.31. The lowest BCUT2D eigenvalue weighted by molar-refractivity contribution is 0.0686. The standard InChI is InChI=1S/C7H5BrN2O2.C7H6BrNO4.CH4/c1-12-5-2-6(8)10-4(3-9)7(5)11;1-13-3-2-4(8)9-5(6(3)10)7(11)12;/h2,11H,1H3;2,10H,1H3,(H,11,12);1H4. The molecular weight excluding hydrogens is 478 g/mol. The zero-order valence-electron chi connectivity index (χ0n) is 12.8. The molecule has 11 heteroatoms. The number of nitrogens with zero attached hydrogens (tertiary/aromatic N) is 3. The van der Waals surface area contributed by atoms with Gasteiger partial charge in [0.2, 0.25) is 0 Å². The minimum atomic E-state index is -1.31. The number of methoxy groups -OCH3 is 2. The number of rotatable bonds is 3. The molecule has 0 spiro atoms. The van der Waals surface area contributed by atoms with Crippen molar-refractivity contribution in [3.63, 3.8) is 0 Å². The van der Waals surface area contributed by atoms with Crippen LogP contribution in [0.1, 0.15) is 23.6 Å². The van der Waals surface area contributed by atoms with E-state index in [-0.39, 0.29) is 30.4 Å². The number of nitriles is 1. The minimum Gasteiger partial charge on any atom is -0.503 e. The summed E-state index contributed by atoms with van der Waals surface area (Å²) in [6.45, 7) is 0. The number of carboxylic acids is 1. The Morgan fingerprint density at radius 1 is 1.08 bits per heavy atom. The predicted molar refractivity (Wildman–Crippen MR) is 98.7 cm³/mol. The van der Waals surface area contributed by atoms with Crippen molar-refractivity contribution in [2.75, 3.05) is 14.2 Å². The summed E-state index contributed by atoms with van der Waals surface area (Å²) in [5, 5.41) is 35.7. The van der Waals surface area contributed by atoms with Gasteiger partial charge in [-0.15, -0.1) is 0 Å². The third-order valence-corrected chi connectivity index (χ3v) is 3.41. The third kappa shape index (κ3) is 5.75. The average Bonchev–Trinajstić information content (AvgIpc) is 2.58. The molecule has 0 radical (unpaired) electrons. The number of ether oxygens (including phenoxy) is 2. The average molecular weight is 493 g/mol. The lowest BCUT2D eigenvalue weighted by Crippen LogP contribution is -2.02. The summed E-state index contributed by atoms with van der Waals surface area (Å²) in [5.41, 5.74) is -0.493. The molecule has 2 heterocycles. The Morgan fingerprint density at radius 3 is 1.96 bits per heavy atom. The smallest absolute Gasteiger partial charge is 0.358 e. The van der Waals surface area contributed by atoms with Gasteiger partial charge in [0, 0.05) is 12.1 Å². The van der Waals surface area contributed by atoms with Gasteiger partial charge in [-0.2, -0.15) is 5.26 Å². The van der Waals surface area contributed by atoms with Crippen LogP contribution in [-0.2, 0) is 0 Å². The third-order valence-electron chi connectivity index (χ3n) is 2.60. The Kier molecular flexibility index (Phi) is 9.39. The number of pyridine rings is 2. The van der Waals surface area contributed by atoms with Gasteiger partial charge in [0.25, 0.3) is 0 Å². The fourth-order valence-electron chi connectivity index (χ4n) is 1.51. The molecule has 0 aliphatic carbocycles. The van der Waals surface area contributed by atoms with Gasteiger partial charge in [-0.05, 0) is 31.9 Å². The van der Waals surface area contributed by atoms with Crippen molar-refractivity contribution in [2.24, 2.45) is 0 Å². The fourth-order valence-corrected chi connectivity index (χ4v) is 2.28. The Labute approximate surface area is 166 Å². The molecule has 0 atom stereocenters. The molecule has 0 unspecified atom stereocenters. The van der Waals surface area contributed by atoms with Gasteiger partial charge >= 0.3 is 5.97 Å². The van der Waals surface area contributed by atoms with Crippen LogP contribution in [0.15, 0.2) is 21.3 Å². The number of carbonyl (C=O) groups is 1. The van der Waals surface area contributed by atoms with Crippen LogP contribution in [0.25, 0.3) is 0 Å². The summed E-state index contributed by atoms with van der Waals surface area (Å²) in [6, 6.07) is 4.60. The number of carboxylic acid groups (broad SMARTS) is 1. The Balaban J connectivity index is 0.000000464. The van der Waals surface area contributed by atoms with Gasteiger partial charge in [-0.25, -0.2) is 14.8 Å². The summed E-state index contributed by atoms with van der Waals surface area (Å²) in [6.07, 6.45) is 0. The first kappa shape index (κ1) is 23.4. The highest BCUT2D eigenvalue weighted by Gasteiger charge is 2.17. The van der Waals surface area contributed by atoms with E-state index in [9.17, 15) is 15.0 Å². The molecule has 0 saturated heterocycles. The molecule has 2 aromatic rings. The van der Waals surface area contributed by atoms with Crippen molar-refractivity contribution >= 4 is 37.8 Å². The van der Waals surface area contributed by atoms with E-state index in [1.54, 1.807) is 6.07 Å². The fraction of sp³-hybridized carbons (Fsp3) is 0.200. The zero-order chi connectivity index (χ0) is 19.1. The molecule has 140 valence electrons. The van der Waals surface area contributed by atoms with Gasteiger partial charge in [0.1, 0.15) is 15.3 Å². The van der Waals surface area contributed by atoms with Crippen LogP contribution in [-0.4, -0.2) is 45.5 Å². The lowest BCUT2D eigenvalue weighted by Gasteiger charge is -2.05. The van der Waals surface area contributed by atoms with E-state index in [1.165, 1.54) is 26.4 Å². The first-order chi connectivity index (χ1) is 11.7. The summed E-state index contributed by atoms with van der Waals surface area (Å²) in [5.74, 6) is -1.72. The quantitative estimate of drug-likeness (QED) is 0.549. The molecule has 2 rings (SSSR count). The highest BCUT2D eigenvalue weighted by molar-refractivity contribution is 9.10. The molecule has 0 aromatic carbocycles. The van der Waals surface area contributed by atoms with Gasteiger partial charge in [0.15, 0.2) is 34.4 Å². The summed E-state index contributed by atoms with van der Waals surface area (Å²) in [4.78, 5) is 17.8. The predicted octanol–water partition coefficient (Wildman–Crippen LogP) is 3.32. The number of aromatic carboxylic acids is 1. The number of halogens is 2. The van der Waals surface area contributed by atoms with Gasteiger partial charge in [-0.1, -0.05) is 7.43 Å². The van der Waals surface area contributed by atoms with Gasteiger partial charge < -0.3 is 24.8 Å². The minimum absolute atomic E-state index is 0. The van der Waals surface area contributed by atoms with Crippen LogP contribution >= 0.6 is 31.9 Å². The number of aromatic nitrogens is 2. The number of aromatic hydroxyl groups is 2. The molecule has 0 aliphatic rings. The summed E-state index contributed by atoms with van der Waals surface area (Å²) in [7, 11) is 2.73. The summed E-state index contributed by atoms with van der Waals surface area (Å²) < 4.78 is 10.3. The topological polar surface area (TPSA) is 146 Å². The maximum atomic E-state index is 10.5. The molecule has 26 heavy (non-hydrogen) atoms. The van der Waals surface area contributed by atoms with E-state index < -0.39 is 17.4 Å². The molecule has 0 amide bonds. The molecule has 9 nitrogen and oxygen atoms in total. The van der Waals surface area contributed by atoms with Crippen LogP contribution in [0.3, 0.4) is 0 Å². The SMILES string of the molecule is C.COc1cc(Br)nc(C#N)c1O.COc1cc(Br)nc(C(=O)O)c1O. The van der Waals surface area contributed by atoms with Crippen LogP contribution in [0, 0.1) is 11.3 Å². The van der Waals surface area contributed by atoms with Gasteiger partial charge in [0.05, 0.1) is 14.2 Å². The van der Waals surface area contributed by atoms with Crippen molar-refractivity contribution in [3.8, 4) is 29.1 Å². The number of hydrogen-bond acceptors (Lipinski definition) is 8. The zero-order valence-corrected chi connectivity index (χ0v) is 16.0. The van der Waals surface area contributed by atoms with E-state index in [1.807, 2.05) is 0 Å².